The van der Waals surface area contributed by atoms with Crippen LogP contribution in [0, 0.1) is 5.82 Å². The van der Waals surface area contributed by atoms with Gasteiger partial charge in [0.25, 0.3) is 11.7 Å². The van der Waals surface area contributed by atoms with Gasteiger partial charge in [-0.15, -0.1) is 0 Å². The number of likely N-dealkylation sites (tertiary alicyclic amines) is 1. The molecule has 12 heteroatoms. The lowest BCUT2D eigenvalue weighted by Gasteiger charge is -2.13. The number of carbonyl (C=O) groups is 2. The standard InChI is InChI=1S/C25H27FN8O3/c1-25(2,3)24-30-22(33-37-24)23(36)28-11-15-5-4-14(10-18(15)26)17-6-8-27-20-19(17)21(32-31-20)29-16-7-9-34(12-16)13-35/h4-6,8,10,13,16H,7,9,11-12H2,1-3H3,(H,28,36)(H2,27,29,31,32)/t16-/m0/s1. The molecule has 5 rings (SSSR count). The van der Waals surface area contributed by atoms with Crippen molar-refractivity contribution in [3.8, 4) is 11.1 Å². The van der Waals surface area contributed by atoms with E-state index in [4.69, 9.17) is 4.52 Å². The lowest BCUT2D eigenvalue weighted by Crippen LogP contribution is -2.25. The Kier molecular flexibility index (Phi) is 6.32. The molecule has 1 fully saturated rings. The Morgan fingerprint density at radius 2 is 2.16 bits per heavy atom. The minimum absolute atomic E-state index is 0.0382. The molecular formula is C25H27FN8O3. The lowest BCUT2D eigenvalue weighted by molar-refractivity contribution is -0.117. The predicted molar refractivity (Wildman–Crippen MR) is 133 cm³/mol. The van der Waals surface area contributed by atoms with E-state index in [0.717, 1.165) is 23.8 Å². The van der Waals surface area contributed by atoms with E-state index in [1.807, 2.05) is 20.8 Å². The normalized spacial score (nSPS) is 15.8. The van der Waals surface area contributed by atoms with Crippen LogP contribution in [0.5, 0.6) is 0 Å². The molecule has 192 valence electrons. The molecule has 0 aliphatic carbocycles. The van der Waals surface area contributed by atoms with Crippen molar-refractivity contribution in [2.45, 2.75) is 45.2 Å². The summed E-state index contributed by atoms with van der Waals surface area (Å²) in [4.78, 5) is 33.7. The Morgan fingerprint density at radius 3 is 2.86 bits per heavy atom. The number of fused-ring (bicyclic) bond motifs is 1. The van der Waals surface area contributed by atoms with Crippen molar-refractivity contribution < 1.29 is 18.5 Å². The summed E-state index contributed by atoms with van der Waals surface area (Å²) in [6.07, 6.45) is 3.28. The highest BCUT2D eigenvalue weighted by Gasteiger charge is 2.25. The van der Waals surface area contributed by atoms with Gasteiger partial charge in [-0.25, -0.2) is 9.37 Å². The second-order valence-corrected chi connectivity index (χ2v) is 10.0. The fourth-order valence-electron chi connectivity index (χ4n) is 4.22. The zero-order valence-corrected chi connectivity index (χ0v) is 20.7. The molecule has 0 bridgehead atoms. The average molecular weight is 507 g/mol. The van der Waals surface area contributed by atoms with Crippen LogP contribution >= 0.6 is 0 Å². The first-order valence-corrected chi connectivity index (χ1v) is 11.9. The quantitative estimate of drug-likeness (QED) is 0.325. The predicted octanol–water partition coefficient (Wildman–Crippen LogP) is 3.02. The van der Waals surface area contributed by atoms with E-state index in [9.17, 15) is 9.59 Å². The number of carbonyl (C=O) groups excluding carboxylic acids is 2. The lowest BCUT2D eigenvalue weighted by atomic mass is 9.97. The van der Waals surface area contributed by atoms with Crippen molar-refractivity contribution >= 4 is 29.2 Å². The van der Waals surface area contributed by atoms with Crippen molar-refractivity contribution in [3.05, 3.63) is 53.6 Å². The van der Waals surface area contributed by atoms with Crippen molar-refractivity contribution in [2.75, 3.05) is 18.4 Å². The first-order valence-electron chi connectivity index (χ1n) is 11.9. The molecular weight excluding hydrogens is 479 g/mol. The molecule has 1 atom stereocenters. The van der Waals surface area contributed by atoms with E-state index < -0.39 is 11.7 Å². The number of anilines is 1. The number of rotatable bonds is 7. The number of halogens is 1. The van der Waals surface area contributed by atoms with Crippen LogP contribution < -0.4 is 10.6 Å². The smallest absolute Gasteiger partial charge is 0.292 e. The van der Waals surface area contributed by atoms with Gasteiger partial charge in [0, 0.05) is 42.9 Å². The van der Waals surface area contributed by atoms with Gasteiger partial charge < -0.3 is 20.1 Å². The Morgan fingerprint density at radius 1 is 1.32 bits per heavy atom. The van der Waals surface area contributed by atoms with Gasteiger partial charge in [0.15, 0.2) is 11.5 Å². The number of aromatic amines is 1. The molecule has 37 heavy (non-hydrogen) atoms. The number of nitrogens with zero attached hydrogens (tertiary/aromatic N) is 5. The summed E-state index contributed by atoms with van der Waals surface area (Å²) in [7, 11) is 0. The highest BCUT2D eigenvalue weighted by atomic mass is 19.1. The number of amides is 2. The fraction of sp³-hybridized carbons (Fsp3) is 0.360. The zero-order valence-electron chi connectivity index (χ0n) is 20.7. The molecule has 0 radical (unpaired) electrons. The van der Waals surface area contributed by atoms with Crippen LogP contribution in [0.25, 0.3) is 22.2 Å². The van der Waals surface area contributed by atoms with Gasteiger partial charge in [0.05, 0.1) is 5.39 Å². The van der Waals surface area contributed by atoms with Crippen LogP contribution in [0.2, 0.25) is 0 Å². The van der Waals surface area contributed by atoms with Gasteiger partial charge >= 0.3 is 0 Å². The van der Waals surface area contributed by atoms with E-state index >= 15 is 4.39 Å². The van der Waals surface area contributed by atoms with Crippen LogP contribution in [0.3, 0.4) is 0 Å². The van der Waals surface area contributed by atoms with Gasteiger partial charge in [-0.05, 0) is 29.7 Å². The van der Waals surface area contributed by atoms with Crippen LogP contribution in [-0.4, -0.2) is 61.7 Å². The molecule has 3 N–H and O–H groups in total. The maximum atomic E-state index is 15.1. The minimum atomic E-state index is -0.548. The Hall–Kier alpha value is -4.35. The molecule has 11 nitrogen and oxygen atoms in total. The molecule has 3 aromatic heterocycles. The summed E-state index contributed by atoms with van der Waals surface area (Å²) in [6, 6.07) is 6.69. The molecule has 0 spiro atoms. The summed E-state index contributed by atoms with van der Waals surface area (Å²) in [5.41, 5.74) is 1.88. The average Bonchev–Trinajstić information content (AvgIpc) is 3.63. The van der Waals surface area contributed by atoms with E-state index in [-0.39, 0.29) is 23.8 Å². The van der Waals surface area contributed by atoms with Crippen LogP contribution in [0.15, 0.2) is 35.0 Å². The number of hydrogen-bond donors (Lipinski definition) is 3. The number of nitrogens with one attached hydrogen (secondary N) is 3. The first-order chi connectivity index (χ1) is 17.7. The molecule has 1 aromatic carbocycles. The van der Waals surface area contributed by atoms with Crippen molar-refractivity contribution in [1.82, 2.24) is 35.5 Å². The summed E-state index contributed by atoms with van der Waals surface area (Å²) >= 11 is 0. The molecule has 1 aliphatic heterocycles. The monoisotopic (exact) mass is 506 g/mol. The van der Waals surface area contributed by atoms with Crippen molar-refractivity contribution in [2.24, 2.45) is 0 Å². The number of benzene rings is 1. The van der Waals surface area contributed by atoms with Gasteiger partial charge in [0.2, 0.25) is 12.3 Å². The van der Waals surface area contributed by atoms with Crippen LogP contribution in [-0.2, 0) is 16.8 Å². The highest BCUT2D eigenvalue weighted by molar-refractivity contribution is 6.00. The molecule has 1 saturated heterocycles. The van der Waals surface area contributed by atoms with Gasteiger partial charge in [-0.3, -0.25) is 14.7 Å². The van der Waals surface area contributed by atoms with E-state index in [1.54, 1.807) is 29.3 Å². The minimum Gasteiger partial charge on any atom is -0.363 e. The molecule has 1 aliphatic rings. The maximum absolute atomic E-state index is 15.1. The van der Waals surface area contributed by atoms with E-state index in [0.29, 0.717) is 41.6 Å². The Balaban J connectivity index is 1.33. The second-order valence-electron chi connectivity index (χ2n) is 10.0. The van der Waals surface area contributed by atoms with Crippen LogP contribution in [0.4, 0.5) is 10.2 Å². The fourth-order valence-corrected chi connectivity index (χ4v) is 4.22. The number of aromatic nitrogens is 5. The Bertz CT molecular complexity index is 1460. The third-order valence-electron chi connectivity index (χ3n) is 6.25. The van der Waals surface area contributed by atoms with Crippen molar-refractivity contribution in [1.29, 1.82) is 0 Å². The number of hydrogen-bond acceptors (Lipinski definition) is 8. The van der Waals surface area contributed by atoms with Crippen molar-refractivity contribution in [3.63, 3.8) is 0 Å². The summed E-state index contributed by atoms with van der Waals surface area (Å²) in [5.74, 6) is -0.171. The highest BCUT2D eigenvalue weighted by Crippen LogP contribution is 2.33. The van der Waals surface area contributed by atoms with E-state index in [1.165, 1.54) is 6.07 Å². The summed E-state index contributed by atoms with van der Waals surface area (Å²) in [6.45, 7) is 6.92. The van der Waals surface area contributed by atoms with Crippen LogP contribution in [0.1, 0.15) is 49.3 Å². The second kappa shape index (κ2) is 9.60. The molecule has 4 heterocycles. The van der Waals surface area contributed by atoms with Gasteiger partial charge in [0.1, 0.15) is 5.82 Å². The SMILES string of the molecule is CC(C)(C)c1nc(C(=O)NCc2ccc(-c3ccnc4[nH]nc(N[C@H]5CCN(C=O)C5)c34)cc2F)no1. The molecule has 0 unspecified atom stereocenters. The molecule has 4 aromatic rings. The number of pyridine rings is 1. The molecule has 2 amide bonds. The van der Waals surface area contributed by atoms with Gasteiger partial charge in [-0.2, -0.15) is 10.1 Å². The summed E-state index contributed by atoms with van der Waals surface area (Å²) in [5, 5.41) is 17.7. The molecule has 0 saturated carbocycles. The topological polar surface area (TPSA) is 142 Å². The first kappa shape index (κ1) is 24.3. The third-order valence-corrected chi connectivity index (χ3v) is 6.25. The maximum Gasteiger partial charge on any atom is 0.292 e. The Labute approximate surface area is 211 Å². The zero-order chi connectivity index (χ0) is 26.2. The number of H-pyrrole nitrogens is 1. The summed E-state index contributed by atoms with van der Waals surface area (Å²) < 4.78 is 20.2. The van der Waals surface area contributed by atoms with Gasteiger partial charge in [-0.1, -0.05) is 38.1 Å². The third kappa shape index (κ3) is 4.99. The van der Waals surface area contributed by atoms with E-state index in [2.05, 4.69) is 36.0 Å². The largest absolute Gasteiger partial charge is 0.363 e.